The van der Waals surface area contributed by atoms with Crippen molar-refractivity contribution in [3.63, 3.8) is 0 Å². The number of aliphatic hydroxyl groups is 1. The summed E-state index contributed by atoms with van der Waals surface area (Å²) in [6, 6.07) is 6.25. The molecule has 1 aliphatic heterocycles. The van der Waals surface area contributed by atoms with Crippen molar-refractivity contribution >= 4 is 0 Å². The van der Waals surface area contributed by atoms with Gasteiger partial charge in [-0.1, -0.05) is 26.8 Å². The molecule has 0 aliphatic carbocycles. The molecule has 4 nitrogen and oxygen atoms in total. The number of rotatable bonds is 6. The van der Waals surface area contributed by atoms with E-state index in [4.69, 9.17) is 4.74 Å². The second-order valence-electron chi connectivity index (χ2n) is 7.33. The van der Waals surface area contributed by atoms with Crippen molar-refractivity contribution in [1.29, 1.82) is 0 Å². The van der Waals surface area contributed by atoms with Gasteiger partial charge >= 0.3 is 0 Å². The SMILES string of the molecule is CC(C)(C)[C@@H](O)CN1CCN(CCOc2cccc(F)c2)CC1. The number of benzene rings is 1. The minimum atomic E-state index is -0.301. The molecule has 1 aromatic carbocycles. The smallest absolute Gasteiger partial charge is 0.126 e. The molecule has 130 valence electrons. The molecule has 0 bridgehead atoms. The minimum Gasteiger partial charge on any atom is -0.492 e. The predicted octanol–water partition coefficient (Wildman–Crippen LogP) is 2.23. The largest absolute Gasteiger partial charge is 0.492 e. The highest BCUT2D eigenvalue weighted by atomic mass is 19.1. The van der Waals surface area contributed by atoms with Crippen LogP contribution in [0, 0.1) is 11.2 Å². The van der Waals surface area contributed by atoms with Gasteiger partial charge in [0.1, 0.15) is 18.2 Å². The van der Waals surface area contributed by atoms with E-state index in [2.05, 4.69) is 30.6 Å². The average Bonchev–Trinajstić information content (AvgIpc) is 2.48. The summed E-state index contributed by atoms with van der Waals surface area (Å²) in [6.45, 7) is 12.2. The third-order valence-electron chi connectivity index (χ3n) is 4.37. The average molecular weight is 324 g/mol. The highest BCUT2D eigenvalue weighted by Crippen LogP contribution is 2.20. The summed E-state index contributed by atoms with van der Waals surface area (Å²) in [5.74, 6) is 0.311. The number of ether oxygens (including phenoxy) is 1. The Balaban J connectivity index is 1.65. The van der Waals surface area contributed by atoms with Gasteiger partial charge < -0.3 is 9.84 Å². The van der Waals surface area contributed by atoms with Crippen LogP contribution in [0.1, 0.15) is 20.8 Å². The highest BCUT2D eigenvalue weighted by Gasteiger charge is 2.26. The fourth-order valence-electron chi connectivity index (χ4n) is 2.56. The molecule has 23 heavy (non-hydrogen) atoms. The Morgan fingerprint density at radius 3 is 2.43 bits per heavy atom. The molecule has 1 aliphatic rings. The summed E-state index contributed by atoms with van der Waals surface area (Å²) in [7, 11) is 0. The number of hydrogen-bond donors (Lipinski definition) is 1. The first-order valence-corrected chi connectivity index (χ1v) is 8.36. The molecule has 1 N–H and O–H groups in total. The quantitative estimate of drug-likeness (QED) is 0.870. The molecule has 0 saturated carbocycles. The van der Waals surface area contributed by atoms with Crippen LogP contribution >= 0.6 is 0 Å². The Bertz CT molecular complexity index is 482. The monoisotopic (exact) mass is 324 g/mol. The summed E-state index contributed by atoms with van der Waals surface area (Å²) in [6.07, 6.45) is -0.301. The van der Waals surface area contributed by atoms with Crippen LogP contribution in [0.5, 0.6) is 5.75 Å². The van der Waals surface area contributed by atoms with E-state index >= 15 is 0 Å². The van der Waals surface area contributed by atoms with Gasteiger partial charge in [0, 0.05) is 45.3 Å². The zero-order valence-electron chi connectivity index (χ0n) is 14.5. The lowest BCUT2D eigenvalue weighted by atomic mass is 9.89. The lowest BCUT2D eigenvalue weighted by Gasteiger charge is -2.37. The topological polar surface area (TPSA) is 35.9 Å². The Labute approximate surface area is 138 Å². The van der Waals surface area contributed by atoms with E-state index < -0.39 is 0 Å². The first-order chi connectivity index (χ1) is 10.8. The van der Waals surface area contributed by atoms with Crippen LogP contribution in [-0.4, -0.2) is 66.9 Å². The molecule has 0 radical (unpaired) electrons. The number of hydrogen-bond acceptors (Lipinski definition) is 4. The van der Waals surface area contributed by atoms with Crippen LogP contribution in [-0.2, 0) is 0 Å². The van der Waals surface area contributed by atoms with Crippen molar-refractivity contribution in [2.45, 2.75) is 26.9 Å². The van der Waals surface area contributed by atoms with E-state index in [-0.39, 0.29) is 17.3 Å². The summed E-state index contributed by atoms with van der Waals surface area (Å²) >= 11 is 0. The van der Waals surface area contributed by atoms with Crippen LogP contribution in [0.3, 0.4) is 0 Å². The number of nitrogens with zero attached hydrogens (tertiary/aromatic N) is 2. The van der Waals surface area contributed by atoms with Gasteiger partial charge in [0.2, 0.25) is 0 Å². The van der Waals surface area contributed by atoms with Crippen molar-refractivity contribution in [3.05, 3.63) is 30.1 Å². The maximum atomic E-state index is 13.1. The molecule has 0 aromatic heterocycles. The summed E-state index contributed by atoms with van der Waals surface area (Å²) in [5, 5.41) is 10.2. The first-order valence-electron chi connectivity index (χ1n) is 8.36. The van der Waals surface area contributed by atoms with Crippen LogP contribution in [0.2, 0.25) is 0 Å². The Morgan fingerprint density at radius 1 is 1.17 bits per heavy atom. The Kier molecular flexibility index (Phi) is 6.39. The summed E-state index contributed by atoms with van der Waals surface area (Å²) in [4.78, 5) is 4.67. The van der Waals surface area contributed by atoms with Gasteiger partial charge in [0.05, 0.1) is 6.10 Å². The zero-order chi connectivity index (χ0) is 16.9. The molecule has 0 spiro atoms. The van der Waals surface area contributed by atoms with Crippen LogP contribution in [0.25, 0.3) is 0 Å². The molecule has 0 unspecified atom stereocenters. The second-order valence-corrected chi connectivity index (χ2v) is 7.33. The molecular formula is C18H29FN2O2. The highest BCUT2D eigenvalue weighted by molar-refractivity contribution is 5.22. The molecule has 0 amide bonds. The third-order valence-corrected chi connectivity index (χ3v) is 4.37. The van der Waals surface area contributed by atoms with Crippen molar-refractivity contribution in [3.8, 4) is 5.75 Å². The van der Waals surface area contributed by atoms with Crippen molar-refractivity contribution in [2.24, 2.45) is 5.41 Å². The van der Waals surface area contributed by atoms with Gasteiger partial charge in [-0.05, 0) is 17.5 Å². The number of halogens is 1. The van der Waals surface area contributed by atoms with Gasteiger partial charge in [-0.15, -0.1) is 0 Å². The van der Waals surface area contributed by atoms with Crippen LogP contribution in [0.15, 0.2) is 24.3 Å². The van der Waals surface area contributed by atoms with E-state index in [1.54, 1.807) is 12.1 Å². The van der Waals surface area contributed by atoms with Gasteiger partial charge in [0.25, 0.3) is 0 Å². The van der Waals surface area contributed by atoms with Crippen LogP contribution < -0.4 is 4.74 Å². The van der Waals surface area contributed by atoms with Gasteiger partial charge in [-0.3, -0.25) is 9.80 Å². The Morgan fingerprint density at radius 2 is 1.83 bits per heavy atom. The minimum absolute atomic E-state index is 0.0735. The molecule has 1 aromatic rings. The van der Waals surface area contributed by atoms with E-state index in [0.29, 0.717) is 12.4 Å². The van der Waals surface area contributed by atoms with Gasteiger partial charge in [0.15, 0.2) is 0 Å². The number of piperazine rings is 1. The van der Waals surface area contributed by atoms with Gasteiger partial charge in [-0.2, -0.15) is 0 Å². The second kappa shape index (κ2) is 8.08. The van der Waals surface area contributed by atoms with Crippen molar-refractivity contribution < 1.29 is 14.2 Å². The third kappa shape index (κ3) is 6.09. The Hall–Kier alpha value is -1.17. The standard InChI is InChI=1S/C18H29FN2O2/c1-18(2,3)17(22)14-21-9-7-20(8-10-21)11-12-23-16-6-4-5-15(19)13-16/h4-6,13,17,22H,7-12,14H2,1-3H3/t17-/m0/s1. The first kappa shape index (κ1) is 18.2. The van der Waals surface area contributed by atoms with Crippen molar-refractivity contribution in [1.82, 2.24) is 9.80 Å². The van der Waals surface area contributed by atoms with Gasteiger partial charge in [-0.25, -0.2) is 4.39 Å². The fourth-order valence-corrected chi connectivity index (χ4v) is 2.56. The molecular weight excluding hydrogens is 295 g/mol. The molecule has 1 fully saturated rings. The van der Waals surface area contributed by atoms with E-state index in [1.165, 1.54) is 12.1 Å². The van der Waals surface area contributed by atoms with Crippen molar-refractivity contribution in [2.75, 3.05) is 45.9 Å². The maximum absolute atomic E-state index is 13.1. The zero-order valence-corrected chi connectivity index (χ0v) is 14.5. The van der Waals surface area contributed by atoms with E-state index in [0.717, 1.165) is 39.3 Å². The number of aliphatic hydroxyl groups excluding tert-OH is 1. The summed E-state index contributed by atoms with van der Waals surface area (Å²) < 4.78 is 18.7. The molecule has 2 rings (SSSR count). The maximum Gasteiger partial charge on any atom is 0.126 e. The fraction of sp³-hybridized carbons (Fsp3) is 0.667. The molecule has 5 heteroatoms. The lowest BCUT2D eigenvalue weighted by molar-refractivity contribution is 0.0122. The van der Waals surface area contributed by atoms with E-state index in [1.807, 2.05) is 0 Å². The molecule has 1 saturated heterocycles. The normalized spacial score (nSPS) is 18.8. The number of β-amino-alcohol motifs (C(OH)–C–C–N with tert-alkyl or cyclic N) is 1. The van der Waals surface area contributed by atoms with E-state index in [9.17, 15) is 9.50 Å². The lowest BCUT2D eigenvalue weighted by Crippen LogP contribution is -2.50. The predicted molar refractivity (Wildman–Crippen MR) is 90.2 cm³/mol. The molecule has 1 atom stereocenters. The van der Waals surface area contributed by atoms with Crippen LogP contribution in [0.4, 0.5) is 4.39 Å². The summed E-state index contributed by atoms with van der Waals surface area (Å²) in [5.41, 5.74) is -0.0735. The molecule has 1 heterocycles.